The van der Waals surface area contributed by atoms with Crippen LogP contribution in [0.4, 0.5) is 11.4 Å². The van der Waals surface area contributed by atoms with Crippen LogP contribution in [0.2, 0.25) is 0 Å². The highest BCUT2D eigenvalue weighted by atomic mass is 16.2. The van der Waals surface area contributed by atoms with E-state index in [-0.39, 0.29) is 6.04 Å². The lowest BCUT2D eigenvalue weighted by molar-refractivity contribution is -0.915. The van der Waals surface area contributed by atoms with E-state index in [0.29, 0.717) is 5.91 Å². The van der Waals surface area contributed by atoms with Crippen molar-refractivity contribution in [2.24, 2.45) is 0 Å². The third-order valence-electron chi connectivity index (χ3n) is 6.22. The van der Waals surface area contributed by atoms with Gasteiger partial charge in [-0.1, -0.05) is 36.4 Å². The molecule has 2 aromatic rings. The summed E-state index contributed by atoms with van der Waals surface area (Å²) < 4.78 is 0. The molecule has 2 saturated heterocycles. The Morgan fingerprint density at radius 2 is 1.21 bits per heavy atom. The molecule has 5 nitrogen and oxygen atoms in total. The molecule has 0 unspecified atom stereocenters. The highest BCUT2D eigenvalue weighted by Gasteiger charge is 2.33. The van der Waals surface area contributed by atoms with E-state index in [1.54, 1.807) is 0 Å². The molecule has 2 aromatic carbocycles. The van der Waals surface area contributed by atoms with Crippen molar-refractivity contribution < 1.29 is 9.69 Å². The van der Waals surface area contributed by atoms with Crippen LogP contribution in [0.5, 0.6) is 0 Å². The molecule has 2 aliphatic rings. The Labute approximate surface area is 168 Å². The Hall–Kier alpha value is -2.53. The normalized spacial score (nSPS) is 19.5. The number of benzene rings is 2. The molecule has 1 atom stereocenters. The number of hydrogen-bond acceptors (Lipinski definition) is 3. The Morgan fingerprint density at radius 1 is 0.750 bits per heavy atom. The maximum absolute atomic E-state index is 13.1. The first-order chi connectivity index (χ1) is 13.7. The van der Waals surface area contributed by atoms with Crippen molar-refractivity contribution in [1.82, 2.24) is 4.90 Å². The summed E-state index contributed by atoms with van der Waals surface area (Å²) in [6, 6.07) is 21.1. The van der Waals surface area contributed by atoms with Crippen molar-refractivity contribution in [3.8, 4) is 0 Å². The van der Waals surface area contributed by atoms with E-state index in [1.807, 2.05) is 6.07 Å². The second-order valence-corrected chi connectivity index (χ2v) is 7.85. The van der Waals surface area contributed by atoms with Gasteiger partial charge >= 0.3 is 0 Å². The lowest BCUT2D eigenvalue weighted by atomic mass is 10.1. The smallest absolute Gasteiger partial charge is 0.280 e. The molecule has 2 aliphatic heterocycles. The van der Waals surface area contributed by atoms with Gasteiger partial charge in [0.2, 0.25) is 0 Å². The minimum Gasteiger partial charge on any atom is -0.368 e. The van der Waals surface area contributed by atoms with E-state index in [1.165, 1.54) is 16.3 Å². The minimum absolute atomic E-state index is 0.0428. The van der Waals surface area contributed by atoms with Crippen LogP contribution >= 0.6 is 0 Å². The highest BCUT2D eigenvalue weighted by molar-refractivity contribution is 5.80. The van der Waals surface area contributed by atoms with Crippen LogP contribution in [0.3, 0.4) is 0 Å². The fourth-order valence-corrected chi connectivity index (χ4v) is 4.40. The lowest BCUT2D eigenvalue weighted by Crippen LogP contribution is -3.19. The number of piperazine rings is 2. The molecule has 0 aliphatic carbocycles. The van der Waals surface area contributed by atoms with Crippen molar-refractivity contribution in [3.05, 3.63) is 60.7 Å². The summed E-state index contributed by atoms with van der Waals surface area (Å²) in [5.74, 6) is 0.316. The third kappa shape index (κ3) is 4.14. The van der Waals surface area contributed by atoms with Crippen molar-refractivity contribution >= 4 is 17.3 Å². The molecular formula is C23H31N4O+. The standard InChI is InChI=1S/C23H30N4O/c1-20(24-12-14-25(15-13-24)21-8-4-2-5-9-21)23(28)27-18-16-26(17-19-27)22-10-6-3-7-11-22/h2-11,20H,12-19H2,1H3/p+1/t20-/m1/s1. The summed E-state index contributed by atoms with van der Waals surface area (Å²) in [6.07, 6.45) is 0. The molecule has 1 amide bonds. The van der Waals surface area contributed by atoms with Gasteiger partial charge < -0.3 is 19.6 Å². The van der Waals surface area contributed by atoms with Crippen molar-refractivity contribution in [2.75, 3.05) is 62.2 Å². The van der Waals surface area contributed by atoms with E-state index in [9.17, 15) is 4.79 Å². The summed E-state index contributed by atoms with van der Waals surface area (Å²) in [5, 5.41) is 0. The molecule has 0 radical (unpaired) electrons. The molecule has 5 heteroatoms. The van der Waals surface area contributed by atoms with Crippen LogP contribution in [0, 0.1) is 0 Å². The van der Waals surface area contributed by atoms with Gasteiger partial charge in [0.15, 0.2) is 6.04 Å². The average Bonchev–Trinajstić information content (AvgIpc) is 2.79. The van der Waals surface area contributed by atoms with Crippen molar-refractivity contribution in [3.63, 3.8) is 0 Å². The molecule has 1 N–H and O–H groups in total. The zero-order chi connectivity index (χ0) is 19.3. The van der Waals surface area contributed by atoms with Gasteiger partial charge in [-0.3, -0.25) is 4.79 Å². The Balaban J connectivity index is 1.27. The fourth-order valence-electron chi connectivity index (χ4n) is 4.40. The first-order valence-electron chi connectivity index (χ1n) is 10.5. The fraction of sp³-hybridized carbons (Fsp3) is 0.435. The van der Waals surface area contributed by atoms with Crippen LogP contribution in [0.15, 0.2) is 60.7 Å². The molecule has 0 spiro atoms. The maximum Gasteiger partial charge on any atom is 0.280 e. The number of carbonyl (C=O) groups excluding carboxylic acids is 1. The van der Waals surface area contributed by atoms with Crippen molar-refractivity contribution in [2.45, 2.75) is 13.0 Å². The molecule has 148 valence electrons. The summed E-state index contributed by atoms with van der Waals surface area (Å²) >= 11 is 0. The zero-order valence-electron chi connectivity index (χ0n) is 16.8. The van der Waals surface area contributed by atoms with Crippen LogP contribution in [0.25, 0.3) is 0 Å². The van der Waals surface area contributed by atoms with Gasteiger partial charge in [-0.05, 0) is 31.2 Å². The number of nitrogens with one attached hydrogen (secondary N) is 1. The summed E-state index contributed by atoms with van der Waals surface area (Å²) in [7, 11) is 0. The van der Waals surface area contributed by atoms with Gasteiger partial charge in [0, 0.05) is 37.6 Å². The molecule has 0 bridgehead atoms. The Kier molecular flexibility index (Phi) is 5.81. The molecule has 28 heavy (non-hydrogen) atoms. The highest BCUT2D eigenvalue weighted by Crippen LogP contribution is 2.16. The predicted molar refractivity (Wildman–Crippen MR) is 114 cm³/mol. The molecule has 0 saturated carbocycles. The number of amides is 1. The Bertz CT molecular complexity index is 751. The summed E-state index contributed by atoms with van der Waals surface area (Å²) in [6.45, 7) is 9.65. The topological polar surface area (TPSA) is 31.2 Å². The molecule has 2 fully saturated rings. The monoisotopic (exact) mass is 379 g/mol. The van der Waals surface area contributed by atoms with E-state index in [4.69, 9.17) is 0 Å². The van der Waals surface area contributed by atoms with Crippen molar-refractivity contribution in [1.29, 1.82) is 0 Å². The molecular weight excluding hydrogens is 348 g/mol. The number of hydrogen-bond donors (Lipinski definition) is 1. The number of carbonyl (C=O) groups is 1. The second-order valence-electron chi connectivity index (χ2n) is 7.85. The predicted octanol–water partition coefficient (Wildman–Crippen LogP) is 1.13. The quantitative estimate of drug-likeness (QED) is 0.864. The zero-order valence-corrected chi connectivity index (χ0v) is 16.8. The first kappa shape index (κ1) is 18.8. The molecule has 2 heterocycles. The van der Waals surface area contributed by atoms with Gasteiger partial charge in [0.25, 0.3) is 5.91 Å². The summed E-state index contributed by atoms with van der Waals surface area (Å²) in [4.78, 5) is 21.4. The van der Waals surface area contributed by atoms with E-state index in [0.717, 1.165) is 52.4 Å². The number of para-hydroxylation sites is 2. The van der Waals surface area contributed by atoms with Gasteiger partial charge in [-0.25, -0.2) is 0 Å². The average molecular weight is 380 g/mol. The second kappa shape index (κ2) is 8.65. The van der Waals surface area contributed by atoms with Gasteiger partial charge in [-0.15, -0.1) is 0 Å². The van der Waals surface area contributed by atoms with Crippen LogP contribution in [-0.4, -0.2) is 69.2 Å². The summed E-state index contributed by atoms with van der Waals surface area (Å²) in [5.41, 5.74) is 2.54. The molecule has 4 rings (SSSR count). The largest absolute Gasteiger partial charge is 0.368 e. The van der Waals surface area contributed by atoms with Gasteiger partial charge in [-0.2, -0.15) is 0 Å². The van der Waals surface area contributed by atoms with E-state index >= 15 is 0 Å². The van der Waals surface area contributed by atoms with Gasteiger partial charge in [0.05, 0.1) is 26.2 Å². The number of quaternary nitrogens is 1. The number of anilines is 2. The first-order valence-corrected chi connectivity index (χ1v) is 10.5. The number of rotatable bonds is 4. The molecule has 0 aromatic heterocycles. The van der Waals surface area contributed by atoms with E-state index < -0.39 is 0 Å². The minimum atomic E-state index is 0.0428. The Morgan fingerprint density at radius 3 is 1.71 bits per heavy atom. The number of nitrogens with zero attached hydrogens (tertiary/aromatic N) is 3. The van der Waals surface area contributed by atoms with Gasteiger partial charge in [0.1, 0.15) is 0 Å². The van der Waals surface area contributed by atoms with E-state index in [2.05, 4.69) is 76.2 Å². The maximum atomic E-state index is 13.1. The SMILES string of the molecule is C[C@H](C(=O)N1CCN(c2ccccc2)CC1)[NH+]1CCN(c2ccccc2)CC1. The third-order valence-corrected chi connectivity index (χ3v) is 6.22. The van der Waals surface area contributed by atoms with Crippen LogP contribution < -0.4 is 14.7 Å². The van der Waals surface area contributed by atoms with Crippen LogP contribution in [-0.2, 0) is 4.79 Å². The lowest BCUT2D eigenvalue weighted by Gasteiger charge is -2.40. The van der Waals surface area contributed by atoms with Crippen LogP contribution in [0.1, 0.15) is 6.92 Å².